The number of thiazole rings is 1. The van der Waals surface area contributed by atoms with Crippen LogP contribution in [0.5, 0.6) is 0 Å². The molecule has 164 valence electrons. The number of carbonyl (C=O) groups is 1. The van der Waals surface area contributed by atoms with Crippen molar-refractivity contribution in [3.63, 3.8) is 0 Å². The maximum Gasteiger partial charge on any atom is 0.338 e. The number of fused-ring (bicyclic) bond motifs is 1. The number of aliphatic imine (C=N–C) groups is 1. The van der Waals surface area contributed by atoms with Gasteiger partial charge in [0.1, 0.15) is 27.5 Å². The number of aromatic nitrogens is 1. The lowest BCUT2D eigenvalue weighted by molar-refractivity contribution is -0.136. The molecule has 0 radical (unpaired) electrons. The molecule has 0 amide bonds. The van der Waals surface area contributed by atoms with Crippen molar-refractivity contribution in [3.05, 3.63) is 63.3 Å². The Bertz CT molecular complexity index is 1190. The van der Waals surface area contributed by atoms with Crippen molar-refractivity contribution in [3.8, 4) is 0 Å². The van der Waals surface area contributed by atoms with E-state index in [1.165, 1.54) is 24.5 Å². The van der Waals surface area contributed by atoms with Crippen LogP contribution in [0.25, 0.3) is 0 Å². The number of amidine groups is 1. The Morgan fingerprint density at radius 2 is 2.13 bits per heavy atom. The normalized spacial score (nSPS) is 21.2. The summed E-state index contributed by atoms with van der Waals surface area (Å²) in [5, 5.41) is 2.31. The average molecular weight is 468 g/mol. The van der Waals surface area contributed by atoms with Crippen LogP contribution in [0.15, 0.2) is 46.0 Å². The Balaban J connectivity index is 1.89. The number of rotatable bonds is 5. The van der Waals surface area contributed by atoms with E-state index >= 15 is 0 Å². The van der Waals surface area contributed by atoms with Crippen molar-refractivity contribution in [1.82, 2.24) is 9.88 Å². The van der Waals surface area contributed by atoms with Crippen LogP contribution in [-0.2, 0) is 19.4 Å². The molecule has 3 heterocycles. The highest BCUT2D eigenvalue weighted by Gasteiger charge is 2.43. The molecule has 1 unspecified atom stereocenters. The van der Waals surface area contributed by atoms with Crippen molar-refractivity contribution >= 4 is 33.0 Å². The molecule has 7 nitrogen and oxygen atoms in total. The first-order valence-corrected chi connectivity index (χ1v) is 12.3. The lowest BCUT2D eigenvalue weighted by Crippen LogP contribution is -2.36. The zero-order chi connectivity index (χ0) is 22.3. The summed E-state index contributed by atoms with van der Waals surface area (Å²) >= 11 is 1.32. The molecular formula is C20H19F2N3O4S2. The fourth-order valence-electron chi connectivity index (χ4n) is 4.03. The van der Waals surface area contributed by atoms with Crippen molar-refractivity contribution in [2.45, 2.75) is 12.5 Å². The molecule has 0 aliphatic carbocycles. The van der Waals surface area contributed by atoms with Gasteiger partial charge in [-0.05, 0) is 18.4 Å². The molecule has 1 fully saturated rings. The summed E-state index contributed by atoms with van der Waals surface area (Å²) in [7, 11) is -2.05. The molecule has 31 heavy (non-hydrogen) atoms. The van der Waals surface area contributed by atoms with Crippen LogP contribution < -0.4 is 0 Å². The van der Waals surface area contributed by atoms with Gasteiger partial charge in [-0.25, -0.2) is 27.0 Å². The summed E-state index contributed by atoms with van der Waals surface area (Å²) in [5.74, 6) is -2.22. The Hall–Kier alpha value is -2.66. The van der Waals surface area contributed by atoms with Gasteiger partial charge in [0.2, 0.25) is 0 Å². The van der Waals surface area contributed by atoms with Crippen LogP contribution in [0.4, 0.5) is 8.78 Å². The van der Waals surface area contributed by atoms with Crippen LogP contribution in [0.2, 0.25) is 0 Å². The second-order valence-corrected chi connectivity index (χ2v) is 10.6. The molecule has 1 saturated heterocycles. The minimum Gasteiger partial charge on any atom is -0.466 e. The van der Waals surface area contributed by atoms with E-state index in [2.05, 4.69) is 9.98 Å². The number of nitrogens with zero attached hydrogens (tertiary/aromatic N) is 3. The molecule has 0 spiro atoms. The third-order valence-corrected chi connectivity index (χ3v) is 7.01. The van der Waals surface area contributed by atoms with E-state index in [-0.39, 0.29) is 29.2 Å². The highest BCUT2D eigenvalue weighted by atomic mass is 32.2. The lowest BCUT2D eigenvalue weighted by atomic mass is 9.93. The van der Waals surface area contributed by atoms with E-state index in [1.54, 1.807) is 16.5 Å². The van der Waals surface area contributed by atoms with Gasteiger partial charge < -0.3 is 9.64 Å². The maximum absolute atomic E-state index is 14.7. The second-order valence-electron chi connectivity index (χ2n) is 7.48. The molecule has 2 aliphatic rings. The number of sulfone groups is 1. The van der Waals surface area contributed by atoms with Crippen LogP contribution in [0.3, 0.4) is 0 Å². The molecule has 2 aliphatic heterocycles. The molecule has 0 N–H and O–H groups in total. The molecule has 0 bridgehead atoms. The van der Waals surface area contributed by atoms with Crippen molar-refractivity contribution in [2.75, 3.05) is 25.7 Å². The highest BCUT2D eigenvalue weighted by molar-refractivity contribution is 7.90. The fourth-order valence-corrected chi connectivity index (χ4v) is 5.75. The van der Waals surface area contributed by atoms with Gasteiger partial charge in [0.05, 0.1) is 18.4 Å². The molecule has 1 aromatic carbocycles. The highest BCUT2D eigenvalue weighted by Crippen LogP contribution is 2.43. The molecule has 2 atom stereocenters. The number of benzene rings is 1. The van der Waals surface area contributed by atoms with E-state index in [4.69, 9.17) is 4.74 Å². The zero-order valence-corrected chi connectivity index (χ0v) is 18.3. The predicted molar refractivity (Wildman–Crippen MR) is 111 cm³/mol. The number of hydrogen-bond donors (Lipinski definition) is 0. The summed E-state index contributed by atoms with van der Waals surface area (Å²) in [6.45, 7) is 0.319. The van der Waals surface area contributed by atoms with Gasteiger partial charge in [0.15, 0.2) is 10.8 Å². The van der Waals surface area contributed by atoms with Crippen molar-refractivity contribution < 1.29 is 26.7 Å². The Morgan fingerprint density at radius 3 is 2.74 bits per heavy atom. The number of ether oxygens (including phenoxy) is 1. The molecule has 4 rings (SSSR count). The largest absolute Gasteiger partial charge is 0.466 e. The second kappa shape index (κ2) is 8.12. The van der Waals surface area contributed by atoms with E-state index in [9.17, 15) is 22.0 Å². The number of methoxy groups -OCH3 is 1. The quantitative estimate of drug-likeness (QED) is 0.629. The Labute approximate surface area is 182 Å². The summed E-state index contributed by atoms with van der Waals surface area (Å²) in [6.07, 6.45) is 3.03. The number of allylic oxidation sites excluding steroid dienone is 1. The average Bonchev–Trinajstić information content (AvgIpc) is 3.34. The van der Waals surface area contributed by atoms with Crippen molar-refractivity contribution in [1.29, 1.82) is 0 Å². The third-order valence-electron chi connectivity index (χ3n) is 5.16. The third kappa shape index (κ3) is 4.24. The van der Waals surface area contributed by atoms with Crippen LogP contribution >= 0.6 is 11.3 Å². The minimum atomic E-state index is -3.26. The van der Waals surface area contributed by atoms with Gasteiger partial charge in [-0.2, -0.15) is 0 Å². The smallest absolute Gasteiger partial charge is 0.338 e. The van der Waals surface area contributed by atoms with Gasteiger partial charge in [-0.15, -0.1) is 11.3 Å². The van der Waals surface area contributed by atoms with Gasteiger partial charge in [-0.1, -0.05) is 6.07 Å². The zero-order valence-electron chi connectivity index (χ0n) is 16.7. The molecule has 1 aromatic heterocycles. The van der Waals surface area contributed by atoms with Crippen molar-refractivity contribution in [2.24, 2.45) is 10.9 Å². The standard InChI is InChI=1S/C20H19F2N3O4S2/c1-29-20(26)16-15-7-11(10-31(2,27)28)9-25(15)18(19-23-5-6-30-19)24-17(16)13-4-3-12(21)8-14(13)22/h3-6,8,11,17H,7,9-10H2,1-2H3/t11?,17-/m0/s1. The van der Waals surface area contributed by atoms with E-state index in [0.29, 0.717) is 23.1 Å². The molecule has 2 aromatic rings. The number of carbonyl (C=O) groups excluding carboxylic acids is 1. The predicted octanol–water partition coefficient (Wildman–Crippen LogP) is 2.72. The fraction of sp³-hybridized carbons (Fsp3) is 0.350. The summed E-state index contributed by atoms with van der Waals surface area (Å²) in [6, 6.07) is 2.01. The maximum atomic E-state index is 14.7. The van der Waals surface area contributed by atoms with E-state index in [0.717, 1.165) is 18.4 Å². The van der Waals surface area contributed by atoms with Gasteiger partial charge in [-0.3, -0.25) is 4.99 Å². The first-order chi connectivity index (χ1) is 14.7. The SMILES string of the molecule is COC(=O)C1=C2CC(CS(C)(=O)=O)CN2C(c2nccs2)=N[C@H]1c1ccc(F)cc1F. The summed E-state index contributed by atoms with van der Waals surface area (Å²) < 4.78 is 56.9. The topological polar surface area (TPSA) is 88.9 Å². The monoisotopic (exact) mass is 467 g/mol. The number of hydrogen-bond acceptors (Lipinski definition) is 8. The lowest BCUT2D eigenvalue weighted by Gasteiger charge is -2.31. The molecular weight excluding hydrogens is 448 g/mol. The van der Waals surface area contributed by atoms with Crippen LogP contribution in [0, 0.1) is 17.6 Å². The molecule has 11 heteroatoms. The van der Waals surface area contributed by atoms with Crippen LogP contribution in [0.1, 0.15) is 23.0 Å². The summed E-state index contributed by atoms with van der Waals surface area (Å²) in [5.41, 5.74) is 0.660. The Kier molecular flexibility index (Phi) is 5.65. The molecule has 0 saturated carbocycles. The van der Waals surface area contributed by atoms with Gasteiger partial charge in [0, 0.05) is 41.7 Å². The van der Waals surface area contributed by atoms with E-state index in [1.807, 2.05) is 0 Å². The van der Waals surface area contributed by atoms with Crippen LogP contribution in [-0.4, -0.2) is 55.8 Å². The van der Waals surface area contributed by atoms with E-state index < -0.39 is 33.5 Å². The number of esters is 1. The first kappa shape index (κ1) is 21.6. The summed E-state index contributed by atoms with van der Waals surface area (Å²) in [4.78, 5) is 23.4. The minimum absolute atomic E-state index is 0.0227. The first-order valence-electron chi connectivity index (χ1n) is 9.37. The van der Waals surface area contributed by atoms with Gasteiger partial charge in [0.25, 0.3) is 0 Å². The van der Waals surface area contributed by atoms with Gasteiger partial charge >= 0.3 is 5.97 Å². The number of halogens is 2. The Morgan fingerprint density at radius 1 is 1.35 bits per heavy atom.